The fourth-order valence-electron chi connectivity index (χ4n) is 4.82. The van der Waals surface area contributed by atoms with Gasteiger partial charge in [0.2, 0.25) is 5.91 Å². The van der Waals surface area contributed by atoms with Gasteiger partial charge in [-0.25, -0.2) is 13.5 Å². The molecular weight excluding hydrogens is 386 g/mol. The van der Waals surface area contributed by atoms with Crippen molar-refractivity contribution in [2.45, 2.75) is 64.5 Å². The standard InChI is InChI=1S/C23H30F2N4O/c1-14-6-8-17(9-7-14)16(3)23(30)28-10-4-5-18(13-28)19-12-20(22(24)25)29-21(26-19)11-15(2)27-29/h6-9,11,16,18-20,22,26H,4-5,10,12-13H2,1-3H3/t16?,18?,19-,20+/m0/s1. The monoisotopic (exact) mass is 416 g/mol. The van der Waals surface area contributed by atoms with Gasteiger partial charge in [-0.3, -0.25) is 4.79 Å². The van der Waals surface area contributed by atoms with Gasteiger partial charge >= 0.3 is 0 Å². The number of piperidine rings is 1. The maximum Gasteiger partial charge on any atom is 0.260 e. The number of hydrogen-bond donors (Lipinski definition) is 1. The number of nitrogens with zero attached hydrogens (tertiary/aromatic N) is 3. The Balaban J connectivity index is 1.47. The second kappa shape index (κ2) is 8.36. The molecule has 162 valence electrons. The predicted octanol–water partition coefficient (Wildman–Crippen LogP) is 4.53. The van der Waals surface area contributed by atoms with Crippen molar-refractivity contribution in [3.05, 3.63) is 47.2 Å². The van der Waals surface area contributed by atoms with E-state index in [1.54, 1.807) is 0 Å². The number of hydrogen-bond acceptors (Lipinski definition) is 3. The lowest BCUT2D eigenvalue weighted by atomic mass is 9.85. The minimum Gasteiger partial charge on any atom is -0.367 e. The third-order valence-corrected chi connectivity index (χ3v) is 6.58. The highest BCUT2D eigenvalue weighted by molar-refractivity contribution is 5.83. The molecule has 2 unspecified atom stereocenters. The molecule has 2 aromatic rings. The summed E-state index contributed by atoms with van der Waals surface area (Å²) in [7, 11) is 0. The summed E-state index contributed by atoms with van der Waals surface area (Å²) in [5, 5.41) is 7.68. The number of anilines is 1. The Hall–Kier alpha value is -2.44. The summed E-state index contributed by atoms with van der Waals surface area (Å²) < 4.78 is 28.9. The molecule has 0 aliphatic carbocycles. The molecule has 1 saturated heterocycles. The van der Waals surface area contributed by atoms with Gasteiger partial charge < -0.3 is 10.2 Å². The van der Waals surface area contributed by atoms with Crippen molar-refractivity contribution >= 4 is 11.7 Å². The van der Waals surface area contributed by atoms with Crippen LogP contribution in [0.4, 0.5) is 14.6 Å². The predicted molar refractivity (Wildman–Crippen MR) is 113 cm³/mol. The van der Waals surface area contributed by atoms with E-state index in [2.05, 4.69) is 10.4 Å². The molecule has 1 fully saturated rings. The number of alkyl halides is 2. The van der Waals surface area contributed by atoms with E-state index in [1.807, 2.05) is 56.0 Å². The van der Waals surface area contributed by atoms with Crippen molar-refractivity contribution in [3.8, 4) is 0 Å². The first-order valence-electron chi connectivity index (χ1n) is 10.8. The molecule has 0 bridgehead atoms. The normalized spacial score (nSPS) is 25.0. The van der Waals surface area contributed by atoms with Crippen LogP contribution < -0.4 is 5.32 Å². The molecule has 1 aromatic carbocycles. The van der Waals surface area contributed by atoms with E-state index >= 15 is 0 Å². The van der Waals surface area contributed by atoms with E-state index in [9.17, 15) is 13.6 Å². The average molecular weight is 417 g/mol. The fourth-order valence-corrected chi connectivity index (χ4v) is 4.82. The Morgan fingerprint density at radius 3 is 2.67 bits per heavy atom. The van der Waals surface area contributed by atoms with Gasteiger partial charge in [-0.1, -0.05) is 29.8 Å². The number of carbonyl (C=O) groups is 1. The third kappa shape index (κ3) is 4.07. The summed E-state index contributed by atoms with van der Waals surface area (Å²) in [6.45, 7) is 7.13. The molecule has 4 atom stereocenters. The van der Waals surface area contributed by atoms with Crippen LogP contribution in [-0.2, 0) is 4.79 Å². The summed E-state index contributed by atoms with van der Waals surface area (Å²) in [4.78, 5) is 15.1. The number of aromatic nitrogens is 2. The van der Waals surface area contributed by atoms with Gasteiger partial charge in [0.1, 0.15) is 11.9 Å². The zero-order valence-corrected chi connectivity index (χ0v) is 17.8. The number of fused-ring (bicyclic) bond motifs is 1. The lowest BCUT2D eigenvalue weighted by molar-refractivity contribution is -0.134. The number of rotatable bonds is 4. The zero-order valence-electron chi connectivity index (χ0n) is 17.8. The molecule has 1 amide bonds. The lowest BCUT2D eigenvalue weighted by Gasteiger charge is -2.41. The topological polar surface area (TPSA) is 50.2 Å². The fraction of sp³-hybridized carbons (Fsp3) is 0.565. The van der Waals surface area contributed by atoms with Gasteiger partial charge in [0.15, 0.2) is 0 Å². The highest BCUT2D eigenvalue weighted by Crippen LogP contribution is 2.37. The summed E-state index contributed by atoms with van der Waals surface area (Å²) >= 11 is 0. The van der Waals surface area contributed by atoms with Crippen LogP contribution in [0.1, 0.15) is 55.0 Å². The van der Waals surface area contributed by atoms with Gasteiger partial charge in [0.25, 0.3) is 6.43 Å². The average Bonchev–Trinajstić information content (AvgIpc) is 3.12. The van der Waals surface area contributed by atoms with E-state index in [0.717, 1.165) is 30.6 Å². The summed E-state index contributed by atoms with van der Waals surface area (Å²) in [5.41, 5.74) is 2.92. The maximum atomic E-state index is 13.7. The second-order valence-corrected chi connectivity index (χ2v) is 8.82. The minimum absolute atomic E-state index is 0.0853. The zero-order chi connectivity index (χ0) is 21.4. The molecule has 0 radical (unpaired) electrons. The minimum atomic E-state index is -2.46. The molecule has 4 rings (SSSR count). The summed E-state index contributed by atoms with van der Waals surface area (Å²) in [6.07, 6.45) is -0.307. The molecule has 0 saturated carbocycles. The molecule has 2 aliphatic rings. The van der Waals surface area contributed by atoms with E-state index in [1.165, 1.54) is 10.2 Å². The van der Waals surface area contributed by atoms with Crippen LogP contribution in [-0.4, -0.2) is 46.1 Å². The van der Waals surface area contributed by atoms with Crippen molar-refractivity contribution in [2.24, 2.45) is 5.92 Å². The SMILES string of the molecule is Cc1ccc(C(C)C(=O)N2CCCC([C@@H]3C[C@H](C(F)F)n4nc(C)cc4N3)C2)cc1. The summed E-state index contributed by atoms with van der Waals surface area (Å²) in [5.74, 6) is 0.718. The van der Waals surface area contributed by atoms with Crippen LogP contribution >= 0.6 is 0 Å². The molecule has 1 aromatic heterocycles. The van der Waals surface area contributed by atoms with Gasteiger partial charge in [0, 0.05) is 25.2 Å². The number of likely N-dealkylation sites (tertiary alicyclic amines) is 1. The summed E-state index contributed by atoms with van der Waals surface area (Å²) in [6, 6.07) is 8.90. The number of amides is 1. The number of carbonyl (C=O) groups excluding carboxylic acids is 1. The molecule has 0 spiro atoms. The molecule has 5 nitrogen and oxygen atoms in total. The molecule has 30 heavy (non-hydrogen) atoms. The van der Waals surface area contributed by atoms with Crippen LogP contribution in [0.3, 0.4) is 0 Å². The van der Waals surface area contributed by atoms with Crippen molar-refractivity contribution < 1.29 is 13.6 Å². The number of aryl methyl sites for hydroxylation is 2. The Bertz CT molecular complexity index is 895. The Labute approximate surface area is 176 Å². The Kier molecular flexibility index (Phi) is 5.80. The van der Waals surface area contributed by atoms with Gasteiger partial charge in [0.05, 0.1) is 11.6 Å². The quantitative estimate of drug-likeness (QED) is 0.797. The van der Waals surface area contributed by atoms with Crippen molar-refractivity contribution in [1.29, 1.82) is 0 Å². The highest BCUT2D eigenvalue weighted by atomic mass is 19.3. The molecular formula is C23H30F2N4O. The van der Waals surface area contributed by atoms with E-state index in [0.29, 0.717) is 18.8 Å². The first-order chi connectivity index (χ1) is 14.3. The van der Waals surface area contributed by atoms with E-state index in [-0.39, 0.29) is 23.8 Å². The molecule has 7 heteroatoms. The van der Waals surface area contributed by atoms with Crippen LogP contribution in [0.25, 0.3) is 0 Å². The third-order valence-electron chi connectivity index (χ3n) is 6.58. The first kappa shape index (κ1) is 20.8. The lowest BCUT2D eigenvalue weighted by Crippen LogP contribution is -2.49. The molecule has 2 aliphatic heterocycles. The maximum absolute atomic E-state index is 13.7. The van der Waals surface area contributed by atoms with Gasteiger partial charge in [-0.05, 0) is 51.5 Å². The number of nitrogens with one attached hydrogen (secondary N) is 1. The Morgan fingerprint density at radius 2 is 1.97 bits per heavy atom. The van der Waals surface area contributed by atoms with Crippen LogP contribution in [0.15, 0.2) is 30.3 Å². The van der Waals surface area contributed by atoms with Crippen molar-refractivity contribution in [1.82, 2.24) is 14.7 Å². The van der Waals surface area contributed by atoms with Crippen LogP contribution in [0.5, 0.6) is 0 Å². The van der Waals surface area contributed by atoms with Gasteiger partial charge in [-0.2, -0.15) is 5.10 Å². The largest absolute Gasteiger partial charge is 0.367 e. The van der Waals surface area contributed by atoms with Crippen LogP contribution in [0, 0.1) is 19.8 Å². The smallest absolute Gasteiger partial charge is 0.260 e. The van der Waals surface area contributed by atoms with Crippen molar-refractivity contribution in [2.75, 3.05) is 18.4 Å². The first-order valence-corrected chi connectivity index (χ1v) is 10.8. The molecule has 1 N–H and O–H groups in total. The molecule has 3 heterocycles. The second-order valence-electron chi connectivity index (χ2n) is 8.82. The Morgan fingerprint density at radius 1 is 1.23 bits per heavy atom. The van der Waals surface area contributed by atoms with E-state index < -0.39 is 12.5 Å². The number of benzene rings is 1. The van der Waals surface area contributed by atoms with Crippen LogP contribution in [0.2, 0.25) is 0 Å². The van der Waals surface area contributed by atoms with Crippen molar-refractivity contribution in [3.63, 3.8) is 0 Å². The number of halogens is 2. The highest BCUT2D eigenvalue weighted by Gasteiger charge is 2.39. The van der Waals surface area contributed by atoms with E-state index in [4.69, 9.17) is 0 Å². The van der Waals surface area contributed by atoms with Gasteiger partial charge in [-0.15, -0.1) is 0 Å².